The fourth-order valence-electron chi connectivity index (χ4n) is 2.65. The predicted molar refractivity (Wildman–Crippen MR) is 87.6 cm³/mol. The lowest BCUT2D eigenvalue weighted by atomic mass is 9.76. The first-order valence-corrected chi connectivity index (χ1v) is 8.28. The number of hydrogen-bond donors (Lipinski definition) is 1. The summed E-state index contributed by atoms with van der Waals surface area (Å²) >= 11 is 6.53. The van der Waals surface area contributed by atoms with Gasteiger partial charge in [0.25, 0.3) is 0 Å². The highest BCUT2D eigenvalue weighted by atomic mass is 79.9. The van der Waals surface area contributed by atoms with Gasteiger partial charge in [-0.25, -0.2) is 8.78 Å². The average molecular weight is 417 g/mol. The van der Waals surface area contributed by atoms with Crippen LogP contribution in [0, 0.1) is 11.6 Å². The van der Waals surface area contributed by atoms with E-state index in [0.29, 0.717) is 5.92 Å². The first kappa shape index (κ1) is 15.0. The monoisotopic (exact) mass is 415 g/mol. The third-order valence-electron chi connectivity index (χ3n) is 3.85. The Balaban J connectivity index is 1.65. The molecule has 0 radical (unpaired) electrons. The minimum absolute atomic E-state index is 0.144. The van der Waals surface area contributed by atoms with Crippen LogP contribution in [0.25, 0.3) is 0 Å². The Morgan fingerprint density at radius 2 is 1.67 bits per heavy atom. The van der Waals surface area contributed by atoms with E-state index in [1.54, 1.807) is 0 Å². The SMILES string of the molecule is Fc1cc(NC2CC(c3ccccc3Br)C2)c(F)cc1Br. The van der Waals surface area contributed by atoms with Gasteiger partial charge in [-0.3, -0.25) is 0 Å². The van der Waals surface area contributed by atoms with Crippen molar-refractivity contribution in [1.82, 2.24) is 0 Å². The van der Waals surface area contributed by atoms with Gasteiger partial charge in [0.2, 0.25) is 0 Å². The first-order valence-electron chi connectivity index (χ1n) is 6.70. The van der Waals surface area contributed by atoms with Gasteiger partial charge in [0.05, 0.1) is 10.2 Å². The Kier molecular flexibility index (Phi) is 4.31. The maximum absolute atomic E-state index is 13.8. The van der Waals surface area contributed by atoms with E-state index in [9.17, 15) is 8.78 Å². The second-order valence-electron chi connectivity index (χ2n) is 5.28. The molecule has 0 aromatic heterocycles. The van der Waals surface area contributed by atoms with Crippen molar-refractivity contribution in [3.63, 3.8) is 0 Å². The maximum atomic E-state index is 13.8. The lowest BCUT2D eigenvalue weighted by Crippen LogP contribution is -2.34. The summed E-state index contributed by atoms with van der Waals surface area (Å²) in [4.78, 5) is 0. The molecule has 1 aliphatic carbocycles. The summed E-state index contributed by atoms with van der Waals surface area (Å²) in [6.45, 7) is 0. The van der Waals surface area contributed by atoms with Crippen LogP contribution in [0.5, 0.6) is 0 Å². The summed E-state index contributed by atoms with van der Waals surface area (Å²) in [7, 11) is 0. The zero-order valence-corrected chi connectivity index (χ0v) is 14.2. The molecule has 0 saturated heterocycles. The molecular formula is C16H13Br2F2N. The minimum atomic E-state index is -0.458. The largest absolute Gasteiger partial charge is 0.380 e. The van der Waals surface area contributed by atoms with Crippen molar-refractivity contribution in [1.29, 1.82) is 0 Å². The Morgan fingerprint density at radius 1 is 0.952 bits per heavy atom. The fourth-order valence-corrected chi connectivity index (χ4v) is 3.57. The van der Waals surface area contributed by atoms with E-state index < -0.39 is 11.6 Å². The molecule has 21 heavy (non-hydrogen) atoms. The number of hydrogen-bond acceptors (Lipinski definition) is 1. The second-order valence-corrected chi connectivity index (χ2v) is 6.99. The van der Waals surface area contributed by atoms with Crippen molar-refractivity contribution in [2.45, 2.75) is 24.8 Å². The topological polar surface area (TPSA) is 12.0 Å². The average Bonchev–Trinajstić information content (AvgIpc) is 2.40. The van der Waals surface area contributed by atoms with Crippen LogP contribution in [0.1, 0.15) is 24.3 Å². The molecule has 0 atom stereocenters. The van der Waals surface area contributed by atoms with Crippen molar-refractivity contribution in [2.75, 3.05) is 5.32 Å². The van der Waals surface area contributed by atoms with Crippen molar-refractivity contribution in [3.8, 4) is 0 Å². The van der Waals surface area contributed by atoms with E-state index in [2.05, 4.69) is 43.2 Å². The van der Waals surface area contributed by atoms with E-state index in [1.165, 1.54) is 11.6 Å². The van der Waals surface area contributed by atoms with E-state index >= 15 is 0 Å². The van der Waals surface area contributed by atoms with E-state index in [4.69, 9.17) is 0 Å². The highest BCUT2D eigenvalue weighted by Gasteiger charge is 2.31. The van der Waals surface area contributed by atoms with Crippen molar-refractivity contribution in [2.24, 2.45) is 0 Å². The van der Waals surface area contributed by atoms with E-state index in [0.717, 1.165) is 23.4 Å². The third-order valence-corrected chi connectivity index (χ3v) is 5.18. The molecular weight excluding hydrogens is 404 g/mol. The normalized spacial score (nSPS) is 21.0. The van der Waals surface area contributed by atoms with Gasteiger partial charge in [-0.15, -0.1) is 0 Å². The van der Waals surface area contributed by atoms with Crippen LogP contribution in [-0.2, 0) is 0 Å². The first-order chi connectivity index (χ1) is 10.0. The fraction of sp³-hybridized carbons (Fsp3) is 0.250. The van der Waals surface area contributed by atoms with Gasteiger partial charge in [-0.1, -0.05) is 34.1 Å². The zero-order valence-electron chi connectivity index (χ0n) is 11.0. The van der Waals surface area contributed by atoms with Crippen LogP contribution in [-0.4, -0.2) is 6.04 Å². The predicted octanol–water partition coefficient (Wildman–Crippen LogP) is 5.85. The number of anilines is 1. The lowest BCUT2D eigenvalue weighted by Gasteiger charge is -2.37. The van der Waals surface area contributed by atoms with Crippen LogP contribution in [0.4, 0.5) is 14.5 Å². The van der Waals surface area contributed by atoms with E-state index in [-0.39, 0.29) is 16.2 Å². The summed E-state index contributed by atoms with van der Waals surface area (Å²) in [5.74, 6) is -0.436. The van der Waals surface area contributed by atoms with Crippen LogP contribution in [0.2, 0.25) is 0 Å². The smallest absolute Gasteiger partial charge is 0.147 e. The third kappa shape index (κ3) is 3.14. The molecule has 0 bridgehead atoms. The van der Waals surface area contributed by atoms with Crippen molar-refractivity contribution >= 4 is 37.5 Å². The Morgan fingerprint density at radius 3 is 2.38 bits per heavy atom. The van der Waals surface area contributed by atoms with Gasteiger partial charge in [-0.05, 0) is 52.4 Å². The molecule has 3 rings (SSSR count). The second kappa shape index (κ2) is 6.05. The van der Waals surface area contributed by atoms with Gasteiger partial charge < -0.3 is 5.32 Å². The highest BCUT2D eigenvalue weighted by molar-refractivity contribution is 9.10. The van der Waals surface area contributed by atoms with Crippen LogP contribution < -0.4 is 5.32 Å². The summed E-state index contributed by atoms with van der Waals surface area (Å²) < 4.78 is 28.5. The molecule has 5 heteroatoms. The van der Waals surface area contributed by atoms with Gasteiger partial charge in [0.15, 0.2) is 0 Å². The van der Waals surface area contributed by atoms with Gasteiger partial charge in [0.1, 0.15) is 11.6 Å². The summed E-state index contributed by atoms with van der Waals surface area (Å²) in [6, 6.07) is 10.7. The van der Waals surface area contributed by atoms with Crippen LogP contribution in [0.3, 0.4) is 0 Å². The summed E-state index contributed by atoms with van der Waals surface area (Å²) in [6.07, 6.45) is 1.83. The standard InChI is InChI=1S/C16H13Br2F2N/c17-12-4-2-1-3-11(12)9-5-10(6-9)21-16-8-14(19)13(18)7-15(16)20/h1-4,7-10,21H,5-6H2. The molecule has 0 unspecified atom stereocenters. The van der Waals surface area contributed by atoms with Gasteiger partial charge in [0, 0.05) is 16.6 Å². The molecule has 0 spiro atoms. The molecule has 1 aliphatic rings. The number of nitrogens with one attached hydrogen (secondary N) is 1. The van der Waals surface area contributed by atoms with Crippen molar-refractivity contribution in [3.05, 3.63) is 62.5 Å². The molecule has 1 nitrogen and oxygen atoms in total. The maximum Gasteiger partial charge on any atom is 0.147 e. The van der Waals surface area contributed by atoms with Gasteiger partial charge >= 0.3 is 0 Å². The molecule has 0 aliphatic heterocycles. The quantitative estimate of drug-likeness (QED) is 0.619. The Bertz CT molecular complexity index is 669. The van der Waals surface area contributed by atoms with E-state index in [1.807, 2.05) is 18.2 Å². The molecule has 1 saturated carbocycles. The lowest BCUT2D eigenvalue weighted by molar-refractivity contribution is 0.371. The molecule has 2 aromatic rings. The zero-order chi connectivity index (χ0) is 15.0. The molecule has 0 heterocycles. The highest BCUT2D eigenvalue weighted by Crippen LogP contribution is 2.41. The number of halogens is 4. The Labute approximate surface area is 139 Å². The number of rotatable bonds is 3. The number of benzene rings is 2. The van der Waals surface area contributed by atoms with Gasteiger partial charge in [-0.2, -0.15) is 0 Å². The molecule has 1 N–H and O–H groups in total. The minimum Gasteiger partial charge on any atom is -0.380 e. The van der Waals surface area contributed by atoms with Crippen LogP contribution >= 0.6 is 31.9 Å². The molecule has 1 fully saturated rings. The molecule has 0 amide bonds. The molecule has 2 aromatic carbocycles. The Hall–Kier alpha value is -0.940. The van der Waals surface area contributed by atoms with Crippen LogP contribution in [0.15, 0.2) is 45.3 Å². The summed E-state index contributed by atoms with van der Waals surface area (Å²) in [5, 5.41) is 3.08. The van der Waals surface area contributed by atoms with Crippen molar-refractivity contribution < 1.29 is 8.78 Å². The summed E-state index contributed by atoms with van der Waals surface area (Å²) in [5.41, 5.74) is 1.50. The molecule has 110 valence electrons.